The van der Waals surface area contributed by atoms with Gasteiger partial charge in [-0.15, -0.1) is 11.8 Å². The van der Waals surface area contributed by atoms with E-state index in [1.165, 1.54) is 39.6 Å². The van der Waals surface area contributed by atoms with Crippen LogP contribution in [0.15, 0.2) is 0 Å². The van der Waals surface area contributed by atoms with Crippen molar-refractivity contribution in [3.05, 3.63) is 0 Å². The molecule has 24 heavy (non-hydrogen) atoms. The van der Waals surface area contributed by atoms with Gasteiger partial charge in [0.2, 0.25) is 0 Å². The molecule has 1 fully saturated rings. The Morgan fingerprint density at radius 3 is 2.00 bits per heavy atom. The number of carbonyl (C=O) groups excluding carboxylic acids is 3. The van der Waals surface area contributed by atoms with Gasteiger partial charge in [-0.1, -0.05) is 6.92 Å². The second-order valence-electron chi connectivity index (χ2n) is 5.15. The third-order valence-corrected chi connectivity index (χ3v) is 4.29. The molecule has 0 unspecified atom stereocenters. The number of hydrogen-bond acceptors (Lipinski definition) is 9. The smallest absolute Gasteiger partial charge is 0.303 e. The molecule has 0 spiro atoms. The van der Waals surface area contributed by atoms with Gasteiger partial charge < -0.3 is 23.7 Å². The Balaban J connectivity index is 3.07. The van der Waals surface area contributed by atoms with Crippen LogP contribution in [0.1, 0.15) is 27.7 Å². The van der Waals surface area contributed by atoms with E-state index in [1.807, 2.05) is 6.92 Å². The summed E-state index contributed by atoms with van der Waals surface area (Å²) in [5.74, 6) is -0.804. The number of hydrogen-bond donors (Lipinski definition) is 0. The zero-order chi connectivity index (χ0) is 18.3. The predicted octanol–water partition coefficient (Wildman–Crippen LogP) is 0.906. The van der Waals surface area contributed by atoms with E-state index in [9.17, 15) is 14.4 Å². The van der Waals surface area contributed by atoms with E-state index in [-0.39, 0.29) is 6.61 Å². The fourth-order valence-corrected chi connectivity index (χ4v) is 3.38. The van der Waals surface area contributed by atoms with Crippen molar-refractivity contribution in [1.29, 1.82) is 0 Å². The van der Waals surface area contributed by atoms with Gasteiger partial charge in [0.1, 0.15) is 24.3 Å². The molecule has 0 amide bonds. The van der Waals surface area contributed by atoms with Crippen molar-refractivity contribution in [3.8, 4) is 0 Å². The van der Waals surface area contributed by atoms with Gasteiger partial charge in [-0.2, -0.15) is 0 Å². The van der Waals surface area contributed by atoms with E-state index in [4.69, 9.17) is 23.7 Å². The first-order valence-corrected chi connectivity index (χ1v) is 8.62. The Hall–Kier alpha value is -1.32. The van der Waals surface area contributed by atoms with Crippen LogP contribution in [0.25, 0.3) is 0 Å². The minimum absolute atomic E-state index is 0.0965. The summed E-state index contributed by atoms with van der Waals surface area (Å²) >= 11 is 1.42. The monoisotopic (exact) mass is 364 g/mol. The van der Waals surface area contributed by atoms with Crippen LogP contribution in [0, 0.1) is 0 Å². The summed E-state index contributed by atoms with van der Waals surface area (Å²) in [6.45, 7) is 5.65. The van der Waals surface area contributed by atoms with Crippen molar-refractivity contribution in [2.75, 3.05) is 19.5 Å². The molecular weight excluding hydrogens is 340 g/mol. The first kappa shape index (κ1) is 20.7. The summed E-state index contributed by atoms with van der Waals surface area (Å²) in [5.41, 5.74) is -0.531. The van der Waals surface area contributed by atoms with Crippen LogP contribution < -0.4 is 0 Å². The molecule has 138 valence electrons. The highest BCUT2D eigenvalue weighted by Crippen LogP contribution is 2.33. The number of thioether (sulfide) groups is 1. The molecule has 9 heteroatoms. The lowest BCUT2D eigenvalue weighted by Crippen LogP contribution is -2.61. The minimum Gasteiger partial charge on any atom is -0.463 e. The van der Waals surface area contributed by atoms with Gasteiger partial charge in [0.05, 0.1) is 0 Å². The molecule has 0 aromatic carbocycles. The van der Waals surface area contributed by atoms with Crippen molar-refractivity contribution in [3.63, 3.8) is 0 Å². The number of carbonyl (C=O) groups is 3. The van der Waals surface area contributed by atoms with Crippen molar-refractivity contribution in [2.45, 2.75) is 57.5 Å². The number of rotatable bonds is 7. The second kappa shape index (κ2) is 9.85. The highest BCUT2D eigenvalue weighted by atomic mass is 32.2. The average molecular weight is 364 g/mol. The number of ether oxygens (including phenoxy) is 5. The van der Waals surface area contributed by atoms with Crippen LogP contribution in [0.5, 0.6) is 0 Å². The van der Waals surface area contributed by atoms with Gasteiger partial charge in [0, 0.05) is 27.9 Å². The Morgan fingerprint density at radius 1 is 0.958 bits per heavy atom. The largest absolute Gasteiger partial charge is 0.463 e. The summed E-state index contributed by atoms with van der Waals surface area (Å²) in [7, 11) is 1.43. The predicted molar refractivity (Wildman–Crippen MR) is 85.3 cm³/mol. The van der Waals surface area contributed by atoms with Gasteiger partial charge in [-0.05, 0) is 5.75 Å². The van der Waals surface area contributed by atoms with Crippen LogP contribution in [0.2, 0.25) is 0 Å². The summed E-state index contributed by atoms with van der Waals surface area (Å²) in [5, 5.41) is 0. The van der Waals surface area contributed by atoms with Crippen LogP contribution in [-0.2, 0) is 38.1 Å². The fourth-order valence-electron chi connectivity index (χ4n) is 2.43. The lowest BCUT2D eigenvalue weighted by atomic mass is 9.99. The molecule has 1 aliphatic rings. The van der Waals surface area contributed by atoms with E-state index in [0.29, 0.717) is 5.75 Å². The molecule has 0 N–H and O–H groups in total. The Morgan fingerprint density at radius 2 is 1.54 bits per heavy atom. The Bertz CT molecular complexity index is 455. The van der Waals surface area contributed by atoms with Crippen molar-refractivity contribution in [2.24, 2.45) is 0 Å². The Labute approximate surface area is 145 Å². The molecule has 0 aromatic heterocycles. The molecule has 0 aromatic rings. The number of esters is 3. The Kier molecular flexibility index (Phi) is 8.51. The third-order valence-electron chi connectivity index (χ3n) is 3.25. The van der Waals surface area contributed by atoms with Gasteiger partial charge >= 0.3 is 17.9 Å². The first-order chi connectivity index (χ1) is 11.3. The fraction of sp³-hybridized carbons (Fsp3) is 0.800. The second-order valence-corrected chi connectivity index (χ2v) is 6.52. The van der Waals surface area contributed by atoms with E-state index < -0.39 is 47.8 Å². The van der Waals surface area contributed by atoms with E-state index in [2.05, 4.69) is 0 Å². The van der Waals surface area contributed by atoms with E-state index >= 15 is 0 Å². The summed E-state index contributed by atoms with van der Waals surface area (Å²) in [4.78, 5) is 34.0. The molecule has 8 nitrogen and oxygen atoms in total. The maximum absolute atomic E-state index is 11.4. The zero-order valence-corrected chi connectivity index (χ0v) is 15.3. The van der Waals surface area contributed by atoms with Crippen molar-refractivity contribution in [1.82, 2.24) is 0 Å². The van der Waals surface area contributed by atoms with E-state index in [0.717, 1.165) is 0 Å². The molecule has 5 atom stereocenters. The van der Waals surface area contributed by atoms with Crippen LogP contribution >= 0.6 is 11.8 Å². The molecule has 1 heterocycles. The maximum Gasteiger partial charge on any atom is 0.303 e. The molecular formula is C15H24O8S. The van der Waals surface area contributed by atoms with Crippen LogP contribution in [0.4, 0.5) is 0 Å². The molecule has 1 rings (SSSR count). The highest BCUT2D eigenvalue weighted by Gasteiger charge is 2.50. The lowest BCUT2D eigenvalue weighted by Gasteiger charge is -2.44. The molecule has 0 saturated carbocycles. The number of methoxy groups -OCH3 is 1. The summed E-state index contributed by atoms with van der Waals surface area (Å²) < 4.78 is 27.0. The lowest BCUT2D eigenvalue weighted by molar-refractivity contribution is -0.234. The maximum atomic E-state index is 11.4. The normalized spacial score (nSPS) is 29.6. The third kappa shape index (κ3) is 5.95. The molecule has 0 bridgehead atoms. The molecule has 0 aliphatic carbocycles. The average Bonchev–Trinajstić information content (AvgIpc) is 2.47. The SMILES string of the molecule is CCS[C@@H]1O[C@@H](COC(C)=O)[C@@H](OC(C)=O)[C@H](OC)[C@H]1OC(C)=O. The minimum atomic E-state index is -0.870. The van der Waals surface area contributed by atoms with Crippen LogP contribution in [0.3, 0.4) is 0 Å². The summed E-state index contributed by atoms with van der Waals surface area (Å²) in [6, 6.07) is 0. The topological polar surface area (TPSA) is 97.4 Å². The van der Waals surface area contributed by atoms with Gasteiger partial charge in [0.25, 0.3) is 0 Å². The zero-order valence-electron chi connectivity index (χ0n) is 14.5. The van der Waals surface area contributed by atoms with E-state index in [1.54, 1.807) is 0 Å². The highest BCUT2D eigenvalue weighted by molar-refractivity contribution is 7.99. The summed E-state index contributed by atoms with van der Waals surface area (Å²) in [6.07, 6.45) is -3.09. The van der Waals surface area contributed by atoms with Gasteiger partial charge in [0.15, 0.2) is 12.2 Å². The van der Waals surface area contributed by atoms with Gasteiger partial charge in [-0.25, -0.2) is 0 Å². The van der Waals surface area contributed by atoms with Gasteiger partial charge in [-0.3, -0.25) is 14.4 Å². The van der Waals surface area contributed by atoms with Crippen molar-refractivity contribution >= 4 is 29.7 Å². The van der Waals surface area contributed by atoms with Crippen LogP contribution in [-0.4, -0.2) is 67.2 Å². The molecule has 1 saturated heterocycles. The van der Waals surface area contributed by atoms with Crippen molar-refractivity contribution < 1.29 is 38.1 Å². The first-order valence-electron chi connectivity index (χ1n) is 7.57. The molecule has 1 aliphatic heterocycles. The quantitative estimate of drug-likeness (QED) is 0.482. The molecule has 0 radical (unpaired) electrons. The standard InChI is InChI=1S/C15H24O8S/c1-6-24-15-14(22-10(4)18)13(19-5)12(21-9(3)17)11(23-15)7-20-8(2)16/h11-15H,6-7H2,1-5H3/t11-,12+,13-,14+,15-/m0/s1.